The molecule has 0 unspecified atom stereocenters. The Morgan fingerprint density at radius 1 is 1.05 bits per heavy atom. The molecule has 0 saturated heterocycles. The predicted molar refractivity (Wildman–Crippen MR) is 59.8 cm³/mol. The normalized spacial score (nSPS) is 12.8. The summed E-state index contributed by atoms with van der Waals surface area (Å²) in [7, 11) is 0. The van der Waals surface area contributed by atoms with Gasteiger partial charge in [-0.3, -0.25) is 0 Å². The number of halogens is 7. The van der Waals surface area contributed by atoms with E-state index in [1.807, 2.05) is 0 Å². The molecule has 0 saturated carbocycles. The molecule has 0 amide bonds. The molecule has 0 atom stereocenters. The zero-order chi connectivity index (χ0) is 15.8. The largest absolute Gasteiger partial charge is 0.438 e. The minimum absolute atomic E-state index is 0.0825. The molecule has 0 aliphatic carbocycles. The maximum atomic E-state index is 12.3. The number of nitrogens with two attached hydrogens (primary N) is 1. The zero-order valence-electron chi connectivity index (χ0n) is 9.40. The van der Waals surface area contributed by atoms with Crippen LogP contribution in [-0.4, -0.2) is 23.1 Å². The highest BCUT2D eigenvalue weighted by atomic mass is 35.5. The average molecular weight is 318 g/mol. The molecule has 2 nitrogen and oxygen atoms in total. The molecule has 0 bridgehead atoms. The predicted octanol–water partition coefficient (Wildman–Crippen LogP) is 3.13. The Labute approximate surface area is 114 Å². The molecule has 1 aromatic carbocycles. The maximum Gasteiger partial charge on any atom is 0.438 e. The van der Waals surface area contributed by atoms with Crippen molar-refractivity contribution in [3.05, 3.63) is 28.8 Å². The van der Waals surface area contributed by atoms with Crippen molar-refractivity contribution in [3.63, 3.8) is 0 Å². The first-order valence-corrected chi connectivity index (χ1v) is 5.20. The molecule has 110 valence electrons. The molecule has 0 spiro atoms. The SMILES string of the molecule is Nc1ccc(C#CC(O)(C(F)(F)F)C(F)(F)F)cc1Cl. The van der Waals surface area contributed by atoms with E-state index in [-0.39, 0.29) is 16.3 Å². The van der Waals surface area contributed by atoms with Crippen LogP contribution in [0, 0.1) is 11.8 Å². The molecule has 0 aliphatic heterocycles. The van der Waals surface area contributed by atoms with Crippen LogP contribution >= 0.6 is 11.6 Å². The van der Waals surface area contributed by atoms with E-state index in [9.17, 15) is 26.3 Å². The molecule has 0 aromatic heterocycles. The van der Waals surface area contributed by atoms with Gasteiger partial charge in [0.2, 0.25) is 0 Å². The second kappa shape index (κ2) is 5.07. The van der Waals surface area contributed by atoms with E-state index in [0.717, 1.165) is 24.1 Å². The molecule has 9 heteroatoms. The number of anilines is 1. The number of rotatable bonds is 0. The Kier molecular flexibility index (Phi) is 4.17. The van der Waals surface area contributed by atoms with Crippen molar-refractivity contribution in [1.29, 1.82) is 0 Å². The van der Waals surface area contributed by atoms with Gasteiger partial charge >= 0.3 is 18.0 Å². The topological polar surface area (TPSA) is 46.2 Å². The minimum atomic E-state index is -5.99. The number of benzene rings is 1. The van der Waals surface area contributed by atoms with Crippen molar-refractivity contribution < 1.29 is 31.4 Å². The Morgan fingerprint density at radius 2 is 1.55 bits per heavy atom. The lowest BCUT2D eigenvalue weighted by Crippen LogP contribution is -2.55. The number of hydrogen-bond donors (Lipinski definition) is 2. The Bertz CT molecular complexity index is 555. The van der Waals surface area contributed by atoms with Crippen molar-refractivity contribution in [2.24, 2.45) is 0 Å². The molecule has 20 heavy (non-hydrogen) atoms. The number of nitrogen functional groups attached to an aromatic ring is 1. The molecule has 1 aromatic rings. The second-order valence-electron chi connectivity index (χ2n) is 3.69. The summed E-state index contributed by atoms with van der Waals surface area (Å²) in [6, 6.07) is 3.21. The average Bonchev–Trinajstić information content (AvgIpc) is 2.27. The van der Waals surface area contributed by atoms with E-state index >= 15 is 0 Å². The number of alkyl halides is 6. The summed E-state index contributed by atoms with van der Waals surface area (Å²) in [6.07, 6.45) is -12.0. The van der Waals surface area contributed by atoms with Gasteiger partial charge in [0.05, 0.1) is 10.7 Å². The van der Waals surface area contributed by atoms with E-state index in [1.54, 1.807) is 5.92 Å². The van der Waals surface area contributed by atoms with Crippen LogP contribution in [-0.2, 0) is 0 Å². The summed E-state index contributed by atoms with van der Waals surface area (Å²) in [5.74, 6) is 2.38. The van der Waals surface area contributed by atoms with Crippen LogP contribution < -0.4 is 5.73 Å². The fourth-order valence-electron chi connectivity index (χ4n) is 1.07. The monoisotopic (exact) mass is 317 g/mol. The summed E-state index contributed by atoms with van der Waals surface area (Å²) in [5.41, 5.74) is 0.0314. The van der Waals surface area contributed by atoms with Crippen molar-refractivity contribution in [2.45, 2.75) is 18.0 Å². The standard InChI is InChI=1S/C11H6ClF6NO/c12-7-5-6(1-2-8(7)19)3-4-9(20,10(13,14)15)11(16,17)18/h1-2,5,20H,19H2. The summed E-state index contributed by atoms with van der Waals surface area (Å²) >= 11 is 5.54. The van der Waals surface area contributed by atoms with Crippen LogP contribution in [0.25, 0.3) is 0 Å². The molecular weight excluding hydrogens is 312 g/mol. The third-order valence-corrected chi connectivity index (χ3v) is 2.54. The lowest BCUT2D eigenvalue weighted by molar-refractivity contribution is -0.343. The van der Waals surface area contributed by atoms with Crippen LogP contribution in [0.3, 0.4) is 0 Å². The quantitative estimate of drug-likeness (QED) is 0.439. The van der Waals surface area contributed by atoms with E-state index in [2.05, 4.69) is 0 Å². The van der Waals surface area contributed by atoms with Gasteiger partial charge in [-0.25, -0.2) is 0 Å². The van der Waals surface area contributed by atoms with Gasteiger partial charge in [-0.1, -0.05) is 17.5 Å². The van der Waals surface area contributed by atoms with Crippen LogP contribution in [0.1, 0.15) is 5.56 Å². The van der Waals surface area contributed by atoms with Gasteiger partial charge in [-0.2, -0.15) is 26.3 Å². The van der Waals surface area contributed by atoms with E-state index in [1.165, 1.54) is 0 Å². The molecule has 0 aliphatic rings. The summed E-state index contributed by atoms with van der Waals surface area (Å²) < 4.78 is 74.0. The first-order valence-electron chi connectivity index (χ1n) is 4.82. The van der Waals surface area contributed by atoms with E-state index < -0.39 is 18.0 Å². The lowest BCUT2D eigenvalue weighted by Gasteiger charge is -2.27. The molecule has 0 fully saturated rings. The van der Waals surface area contributed by atoms with Gasteiger partial charge in [0, 0.05) is 5.56 Å². The second-order valence-corrected chi connectivity index (χ2v) is 4.10. The molecule has 1 rings (SSSR count). The molecule has 0 radical (unpaired) electrons. The highest BCUT2D eigenvalue weighted by molar-refractivity contribution is 6.33. The van der Waals surface area contributed by atoms with Crippen LogP contribution in [0.5, 0.6) is 0 Å². The summed E-state index contributed by atoms with van der Waals surface area (Å²) in [6.45, 7) is 0. The highest BCUT2D eigenvalue weighted by Crippen LogP contribution is 2.42. The van der Waals surface area contributed by atoms with Gasteiger partial charge < -0.3 is 10.8 Å². The Hall–Kier alpha value is -1.59. The smallest absolute Gasteiger partial charge is 0.398 e. The first-order chi connectivity index (χ1) is 8.88. The van der Waals surface area contributed by atoms with Gasteiger partial charge in [-0.15, -0.1) is 0 Å². The third-order valence-electron chi connectivity index (χ3n) is 2.21. The van der Waals surface area contributed by atoms with Crippen molar-refractivity contribution in [3.8, 4) is 11.8 Å². The first kappa shape index (κ1) is 16.5. The maximum absolute atomic E-state index is 12.3. The van der Waals surface area contributed by atoms with Crippen LogP contribution in [0.4, 0.5) is 32.0 Å². The Balaban J connectivity index is 3.29. The molecule has 3 N–H and O–H groups in total. The van der Waals surface area contributed by atoms with Gasteiger partial charge in [0.25, 0.3) is 0 Å². The van der Waals surface area contributed by atoms with Gasteiger partial charge in [0.15, 0.2) is 0 Å². The fourth-order valence-corrected chi connectivity index (χ4v) is 1.25. The van der Waals surface area contributed by atoms with Crippen molar-refractivity contribution >= 4 is 17.3 Å². The summed E-state index contributed by atoms with van der Waals surface area (Å²) in [5, 5.41) is 8.70. The van der Waals surface area contributed by atoms with E-state index in [4.69, 9.17) is 22.4 Å². The third kappa shape index (κ3) is 3.11. The van der Waals surface area contributed by atoms with Crippen LogP contribution in [0.15, 0.2) is 18.2 Å². The minimum Gasteiger partial charge on any atom is -0.398 e. The zero-order valence-corrected chi connectivity index (χ0v) is 10.2. The number of aliphatic hydroxyl groups is 1. The summed E-state index contributed by atoms with van der Waals surface area (Å²) in [4.78, 5) is 0. The van der Waals surface area contributed by atoms with Crippen molar-refractivity contribution in [2.75, 3.05) is 5.73 Å². The van der Waals surface area contributed by atoms with E-state index in [0.29, 0.717) is 0 Å². The lowest BCUT2D eigenvalue weighted by atomic mass is 10.0. The van der Waals surface area contributed by atoms with Gasteiger partial charge in [-0.05, 0) is 24.1 Å². The van der Waals surface area contributed by atoms with Crippen LogP contribution in [0.2, 0.25) is 5.02 Å². The molecule has 0 heterocycles. The van der Waals surface area contributed by atoms with Crippen molar-refractivity contribution in [1.82, 2.24) is 0 Å². The highest BCUT2D eigenvalue weighted by Gasteiger charge is 2.70. The fraction of sp³-hybridized carbons (Fsp3) is 0.273. The Morgan fingerprint density at radius 3 is 1.95 bits per heavy atom. The molecular formula is C11H6ClF6NO. The number of hydrogen-bond acceptors (Lipinski definition) is 2. The van der Waals surface area contributed by atoms with Gasteiger partial charge in [0.1, 0.15) is 0 Å².